The second-order valence-electron chi connectivity index (χ2n) is 4.81. The highest BCUT2D eigenvalue weighted by Crippen LogP contribution is 2.27. The predicted molar refractivity (Wildman–Crippen MR) is 73.9 cm³/mol. The fraction of sp³-hybridized carbons (Fsp3) is 0.308. The maximum absolute atomic E-state index is 11.9. The summed E-state index contributed by atoms with van der Waals surface area (Å²) in [5.74, 6) is -4.04. The number of hydrogen-bond donors (Lipinski definition) is 2. The van der Waals surface area contributed by atoms with Gasteiger partial charge in [-0.2, -0.15) is 0 Å². The Balaban J connectivity index is 2.31. The first-order chi connectivity index (χ1) is 9.71. The number of anilines is 1. The van der Waals surface area contributed by atoms with E-state index in [1.165, 1.54) is 37.5 Å². The minimum Gasteiger partial charge on any atom is -0.478 e. The highest BCUT2D eigenvalue weighted by atomic mass is 32.1. The molecule has 2 N–H and O–H groups in total. The summed E-state index contributed by atoms with van der Waals surface area (Å²) in [6.45, 7) is 4.37. The lowest BCUT2D eigenvalue weighted by molar-refractivity contribution is -0.222. The first kappa shape index (κ1) is 15.0. The molecule has 1 saturated heterocycles. The normalized spacial score (nSPS) is 17.0. The van der Waals surface area contributed by atoms with Crippen LogP contribution in [-0.4, -0.2) is 28.8 Å². The highest BCUT2D eigenvalue weighted by molar-refractivity contribution is 7.08. The van der Waals surface area contributed by atoms with Gasteiger partial charge < -0.3 is 19.9 Å². The van der Waals surface area contributed by atoms with Crippen molar-refractivity contribution in [2.24, 2.45) is 0 Å². The fourth-order valence-corrected chi connectivity index (χ4v) is 2.54. The minimum absolute atomic E-state index is 0.0535. The van der Waals surface area contributed by atoms with Crippen molar-refractivity contribution in [3.8, 4) is 0 Å². The molecule has 112 valence electrons. The number of carbonyl (C=O) groups excluding carboxylic acids is 2. The van der Waals surface area contributed by atoms with Gasteiger partial charge in [0, 0.05) is 30.3 Å². The van der Waals surface area contributed by atoms with Crippen molar-refractivity contribution in [2.75, 3.05) is 5.32 Å². The SMILES string of the molecule is CC(Nc1cscc1C(=O)O)=C1C(=O)OC(C)(C)OC1=O. The lowest BCUT2D eigenvalue weighted by Crippen LogP contribution is -2.42. The molecule has 1 aromatic rings. The van der Waals surface area contributed by atoms with E-state index in [1.807, 2.05) is 0 Å². The molecular formula is C13H13NO6S. The quantitative estimate of drug-likeness (QED) is 0.500. The average Bonchev–Trinajstić information content (AvgIpc) is 2.73. The van der Waals surface area contributed by atoms with Crippen LogP contribution in [0.15, 0.2) is 22.0 Å². The van der Waals surface area contributed by atoms with E-state index in [0.717, 1.165) is 0 Å². The van der Waals surface area contributed by atoms with Crippen LogP contribution in [0.1, 0.15) is 31.1 Å². The Hall–Kier alpha value is -2.35. The van der Waals surface area contributed by atoms with E-state index in [9.17, 15) is 14.4 Å². The van der Waals surface area contributed by atoms with Crippen molar-refractivity contribution in [3.63, 3.8) is 0 Å². The second-order valence-corrected chi connectivity index (χ2v) is 5.55. The van der Waals surface area contributed by atoms with E-state index in [-0.39, 0.29) is 16.8 Å². The first-order valence-electron chi connectivity index (χ1n) is 5.95. The second kappa shape index (κ2) is 5.21. The van der Waals surface area contributed by atoms with Gasteiger partial charge in [0.2, 0.25) is 0 Å². The summed E-state index contributed by atoms with van der Waals surface area (Å²) >= 11 is 1.19. The van der Waals surface area contributed by atoms with Gasteiger partial charge in [0.15, 0.2) is 5.57 Å². The Kier molecular flexibility index (Phi) is 3.73. The molecule has 1 aliphatic rings. The van der Waals surface area contributed by atoms with E-state index < -0.39 is 23.7 Å². The zero-order valence-corrected chi connectivity index (χ0v) is 12.4. The van der Waals surface area contributed by atoms with Crippen LogP contribution in [0, 0.1) is 0 Å². The molecule has 0 atom stereocenters. The Morgan fingerprint density at radius 1 is 1.24 bits per heavy atom. The molecule has 2 rings (SSSR count). The topological polar surface area (TPSA) is 102 Å². The van der Waals surface area contributed by atoms with E-state index >= 15 is 0 Å². The maximum atomic E-state index is 11.9. The zero-order valence-electron chi connectivity index (χ0n) is 11.6. The Morgan fingerprint density at radius 3 is 2.33 bits per heavy atom. The average molecular weight is 311 g/mol. The number of cyclic esters (lactones) is 2. The maximum Gasteiger partial charge on any atom is 0.350 e. The van der Waals surface area contributed by atoms with Crippen LogP contribution in [0.25, 0.3) is 0 Å². The Labute approximate surface area is 124 Å². The minimum atomic E-state index is -1.31. The summed E-state index contributed by atoms with van der Waals surface area (Å²) in [6, 6.07) is 0. The number of ether oxygens (including phenoxy) is 2. The summed E-state index contributed by atoms with van der Waals surface area (Å²) in [7, 11) is 0. The van der Waals surface area contributed by atoms with Crippen LogP contribution in [0.4, 0.5) is 5.69 Å². The predicted octanol–water partition coefficient (Wildman–Crippen LogP) is 1.97. The number of carboxylic acid groups (broad SMARTS) is 1. The number of allylic oxidation sites excluding steroid dienone is 1. The van der Waals surface area contributed by atoms with Gasteiger partial charge in [0.25, 0.3) is 5.79 Å². The van der Waals surface area contributed by atoms with Crippen molar-refractivity contribution in [2.45, 2.75) is 26.6 Å². The van der Waals surface area contributed by atoms with Gasteiger partial charge in [-0.15, -0.1) is 11.3 Å². The van der Waals surface area contributed by atoms with Crippen molar-refractivity contribution in [3.05, 3.63) is 27.6 Å². The van der Waals surface area contributed by atoms with Crippen LogP contribution < -0.4 is 5.32 Å². The van der Waals surface area contributed by atoms with Crippen LogP contribution in [-0.2, 0) is 19.1 Å². The molecule has 7 nitrogen and oxygen atoms in total. The molecule has 0 aromatic carbocycles. The standard InChI is InChI=1S/C13H13NO6S/c1-6(14-8-5-21-4-7(8)10(15)16)9-11(17)19-13(2,3)20-12(9)18/h4-5,14H,1-3H3,(H,15,16). The molecule has 1 aromatic heterocycles. The van der Waals surface area contributed by atoms with Gasteiger partial charge in [-0.1, -0.05) is 0 Å². The lowest BCUT2D eigenvalue weighted by atomic mass is 10.1. The monoisotopic (exact) mass is 311 g/mol. The molecule has 0 aliphatic carbocycles. The van der Waals surface area contributed by atoms with Gasteiger partial charge in [-0.25, -0.2) is 14.4 Å². The van der Waals surface area contributed by atoms with Crippen LogP contribution in [0.3, 0.4) is 0 Å². The summed E-state index contributed by atoms with van der Waals surface area (Å²) in [4.78, 5) is 34.8. The Bertz CT molecular complexity index is 635. The molecular weight excluding hydrogens is 298 g/mol. The van der Waals surface area contributed by atoms with E-state index in [4.69, 9.17) is 14.6 Å². The van der Waals surface area contributed by atoms with Gasteiger partial charge >= 0.3 is 17.9 Å². The third-order valence-electron chi connectivity index (χ3n) is 2.67. The number of rotatable bonds is 3. The fourth-order valence-electron chi connectivity index (χ4n) is 1.78. The van der Waals surface area contributed by atoms with Crippen LogP contribution >= 0.6 is 11.3 Å². The smallest absolute Gasteiger partial charge is 0.350 e. The van der Waals surface area contributed by atoms with E-state index in [1.54, 1.807) is 5.38 Å². The molecule has 0 amide bonds. The third-order valence-corrected chi connectivity index (χ3v) is 3.42. The number of aromatic carboxylic acids is 1. The molecule has 1 aliphatic heterocycles. The molecule has 0 unspecified atom stereocenters. The van der Waals surface area contributed by atoms with E-state index in [0.29, 0.717) is 5.69 Å². The van der Waals surface area contributed by atoms with Gasteiger partial charge in [-0.3, -0.25) is 0 Å². The number of carboxylic acids is 1. The van der Waals surface area contributed by atoms with Crippen molar-refractivity contribution in [1.29, 1.82) is 0 Å². The molecule has 0 spiro atoms. The Morgan fingerprint density at radius 2 is 1.81 bits per heavy atom. The molecule has 0 radical (unpaired) electrons. The van der Waals surface area contributed by atoms with Gasteiger partial charge in [0.05, 0.1) is 11.3 Å². The number of hydrogen-bond acceptors (Lipinski definition) is 7. The summed E-state index contributed by atoms with van der Waals surface area (Å²) in [5.41, 5.74) is 0.235. The van der Waals surface area contributed by atoms with Crippen molar-refractivity contribution >= 4 is 34.9 Å². The van der Waals surface area contributed by atoms with Crippen molar-refractivity contribution in [1.82, 2.24) is 0 Å². The number of thiophene rings is 1. The molecule has 21 heavy (non-hydrogen) atoms. The van der Waals surface area contributed by atoms with Gasteiger partial charge in [-0.05, 0) is 6.92 Å². The van der Waals surface area contributed by atoms with E-state index in [2.05, 4.69) is 5.32 Å². The molecule has 8 heteroatoms. The third kappa shape index (κ3) is 3.05. The largest absolute Gasteiger partial charge is 0.478 e. The van der Waals surface area contributed by atoms with Crippen molar-refractivity contribution < 1.29 is 29.0 Å². The zero-order chi connectivity index (χ0) is 15.8. The highest BCUT2D eigenvalue weighted by Gasteiger charge is 2.40. The number of esters is 2. The van der Waals surface area contributed by atoms with Crippen LogP contribution in [0.2, 0.25) is 0 Å². The van der Waals surface area contributed by atoms with Crippen LogP contribution in [0.5, 0.6) is 0 Å². The molecule has 1 fully saturated rings. The molecule has 0 saturated carbocycles. The van der Waals surface area contributed by atoms with Gasteiger partial charge in [0.1, 0.15) is 0 Å². The molecule has 2 heterocycles. The summed E-state index contributed by atoms with van der Waals surface area (Å²) in [6.07, 6.45) is 0. The summed E-state index contributed by atoms with van der Waals surface area (Å²) < 4.78 is 9.96. The lowest BCUT2D eigenvalue weighted by Gasteiger charge is -2.30. The summed E-state index contributed by atoms with van der Waals surface area (Å²) in [5, 5.41) is 14.8. The molecule has 0 bridgehead atoms. The first-order valence-corrected chi connectivity index (χ1v) is 6.89. The number of nitrogens with one attached hydrogen (secondary N) is 1. The number of carbonyl (C=O) groups is 3.